The molecule has 10 heteroatoms. The first-order valence-electron chi connectivity index (χ1n) is 11.5. The summed E-state index contributed by atoms with van der Waals surface area (Å²) >= 11 is 0. The summed E-state index contributed by atoms with van der Waals surface area (Å²) in [6.45, 7) is 2.64. The van der Waals surface area contributed by atoms with E-state index in [-0.39, 0.29) is 18.1 Å². The molecule has 0 spiro atoms. The van der Waals surface area contributed by atoms with Crippen LogP contribution in [0.3, 0.4) is 0 Å². The fraction of sp³-hybridized carbons (Fsp3) is 0.269. The molecule has 0 fully saturated rings. The van der Waals surface area contributed by atoms with Gasteiger partial charge in [0, 0.05) is 35.9 Å². The number of hydrogen-bond acceptors (Lipinski definition) is 7. The van der Waals surface area contributed by atoms with Crippen molar-refractivity contribution in [1.82, 2.24) is 19.3 Å². The van der Waals surface area contributed by atoms with Crippen LogP contribution < -0.4 is 10.1 Å². The van der Waals surface area contributed by atoms with Crippen molar-refractivity contribution in [2.24, 2.45) is 0 Å². The number of anilines is 1. The molecular weight excluding hydrogens is 458 g/mol. The van der Waals surface area contributed by atoms with Crippen molar-refractivity contribution < 1.29 is 14.2 Å². The molecule has 2 N–H and O–H groups in total. The second-order valence-electron chi connectivity index (χ2n) is 9.03. The number of nitrogens with one attached hydrogen (secondary N) is 1. The van der Waals surface area contributed by atoms with E-state index in [4.69, 9.17) is 12.6 Å². The maximum absolute atomic E-state index is 14.6. The van der Waals surface area contributed by atoms with Crippen LogP contribution in [0.25, 0.3) is 16.8 Å². The van der Waals surface area contributed by atoms with Gasteiger partial charge in [-0.1, -0.05) is 18.2 Å². The molecule has 5 rings (SSSR count). The van der Waals surface area contributed by atoms with Crippen LogP contribution in [0.2, 0.25) is 0 Å². The lowest BCUT2D eigenvalue weighted by molar-refractivity contribution is -0.00873. The van der Waals surface area contributed by atoms with Gasteiger partial charge in [-0.15, -0.1) is 0 Å². The van der Waals surface area contributed by atoms with Crippen LogP contribution in [0.5, 0.6) is 5.75 Å². The van der Waals surface area contributed by atoms with Crippen molar-refractivity contribution in [2.45, 2.75) is 25.5 Å². The Labute approximate surface area is 209 Å². The van der Waals surface area contributed by atoms with Crippen LogP contribution in [0, 0.1) is 24.1 Å². The SMILES string of the molecule is [B]C(O)(c1ccc(-c2cnc(NCc3c(F)ccc4c3CCO4)n3cc(C#N)nc23)c(C)c1)N(C)C. The first-order chi connectivity index (χ1) is 17.2. The zero-order valence-corrected chi connectivity index (χ0v) is 20.2. The van der Waals surface area contributed by atoms with E-state index >= 15 is 0 Å². The summed E-state index contributed by atoms with van der Waals surface area (Å²) in [5.74, 6) is 0.821. The van der Waals surface area contributed by atoms with Gasteiger partial charge in [-0.05, 0) is 49.8 Å². The van der Waals surface area contributed by atoms with E-state index in [2.05, 4.69) is 21.4 Å². The maximum Gasteiger partial charge on any atom is 0.208 e. The smallest absolute Gasteiger partial charge is 0.208 e. The van der Waals surface area contributed by atoms with E-state index in [0.29, 0.717) is 47.1 Å². The topological polar surface area (TPSA) is 98.7 Å². The molecule has 1 unspecified atom stereocenters. The Balaban J connectivity index is 1.53. The van der Waals surface area contributed by atoms with Gasteiger partial charge >= 0.3 is 0 Å². The van der Waals surface area contributed by atoms with Gasteiger partial charge in [-0.3, -0.25) is 9.30 Å². The number of aromatic nitrogens is 3. The summed E-state index contributed by atoms with van der Waals surface area (Å²) in [5.41, 5.74) is 3.45. The lowest BCUT2D eigenvalue weighted by atomic mass is 9.81. The molecule has 180 valence electrons. The molecule has 0 bridgehead atoms. The second-order valence-corrected chi connectivity index (χ2v) is 9.03. The molecule has 4 aromatic rings. The third kappa shape index (κ3) is 3.96. The Morgan fingerprint density at radius 2 is 2.11 bits per heavy atom. The van der Waals surface area contributed by atoms with Crippen molar-refractivity contribution in [3.8, 4) is 22.9 Å². The van der Waals surface area contributed by atoms with E-state index in [1.54, 1.807) is 43.0 Å². The van der Waals surface area contributed by atoms with Crippen LogP contribution in [0.15, 0.2) is 42.7 Å². The Morgan fingerprint density at radius 1 is 1.31 bits per heavy atom. The molecular formula is C26H24BFN6O2. The third-order valence-corrected chi connectivity index (χ3v) is 6.59. The van der Waals surface area contributed by atoms with Gasteiger partial charge in [0.25, 0.3) is 0 Å². The average molecular weight is 482 g/mol. The van der Waals surface area contributed by atoms with Crippen LogP contribution in [0.1, 0.15) is 27.9 Å². The molecule has 8 nitrogen and oxygen atoms in total. The summed E-state index contributed by atoms with van der Waals surface area (Å²) < 4.78 is 21.9. The number of aryl methyl sites for hydroxylation is 1. The summed E-state index contributed by atoms with van der Waals surface area (Å²) in [5, 5.41) is 23.3. The van der Waals surface area contributed by atoms with E-state index < -0.39 is 5.62 Å². The van der Waals surface area contributed by atoms with Crippen molar-refractivity contribution >= 4 is 19.4 Å². The Bertz CT molecular complexity index is 1530. The highest BCUT2D eigenvalue weighted by Gasteiger charge is 2.26. The van der Waals surface area contributed by atoms with Gasteiger partial charge in [0.15, 0.2) is 11.3 Å². The normalized spacial score (nSPS) is 14.4. The lowest BCUT2D eigenvalue weighted by Gasteiger charge is -2.32. The van der Waals surface area contributed by atoms with E-state index in [1.807, 2.05) is 19.1 Å². The summed E-state index contributed by atoms with van der Waals surface area (Å²) in [6, 6.07) is 10.5. The van der Waals surface area contributed by atoms with E-state index in [9.17, 15) is 14.8 Å². The molecule has 1 aliphatic heterocycles. The van der Waals surface area contributed by atoms with Gasteiger partial charge < -0.3 is 15.2 Å². The van der Waals surface area contributed by atoms with Crippen LogP contribution in [-0.4, -0.2) is 52.9 Å². The molecule has 36 heavy (non-hydrogen) atoms. The standard InChI is InChI=1S/C26H24BFN6O2/c1-15-10-16(26(27,35)33(2)3)4-5-18(15)21-13-31-25(34-14-17(11-29)32-24(21)34)30-12-20-19-8-9-36-23(19)7-6-22(20)28/h4-7,10,13-14,35H,8-9,12H2,1-3H3,(H,30,31). The van der Waals surface area contributed by atoms with Gasteiger partial charge in [-0.25, -0.2) is 14.4 Å². The zero-order valence-electron chi connectivity index (χ0n) is 20.2. The molecule has 0 saturated carbocycles. The molecule has 0 amide bonds. The Morgan fingerprint density at radius 3 is 2.83 bits per heavy atom. The van der Waals surface area contributed by atoms with Crippen LogP contribution in [-0.2, 0) is 18.6 Å². The Hall–Kier alpha value is -3.94. The number of rotatable bonds is 6. The second kappa shape index (κ2) is 8.93. The van der Waals surface area contributed by atoms with Gasteiger partial charge in [-0.2, -0.15) is 5.26 Å². The largest absolute Gasteiger partial charge is 0.493 e. The number of halogens is 1. The first kappa shape index (κ1) is 23.8. The zero-order chi connectivity index (χ0) is 25.6. The van der Waals surface area contributed by atoms with Crippen LogP contribution >= 0.6 is 0 Å². The van der Waals surface area contributed by atoms with E-state index in [1.165, 1.54) is 11.0 Å². The summed E-state index contributed by atoms with van der Waals surface area (Å²) in [4.78, 5) is 10.6. The third-order valence-electron chi connectivity index (χ3n) is 6.59. The van der Waals surface area contributed by atoms with Gasteiger partial charge in [0.2, 0.25) is 5.95 Å². The molecule has 0 saturated heterocycles. The molecule has 2 aromatic carbocycles. The minimum atomic E-state index is -1.62. The molecule has 2 aromatic heterocycles. The predicted molar refractivity (Wildman–Crippen MR) is 134 cm³/mol. The monoisotopic (exact) mass is 482 g/mol. The molecule has 0 aliphatic carbocycles. The number of imidazole rings is 1. The number of aliphatic hydroxyl groups is 1. The molecule has 2 radical (unpaired) electrons. The van der Waals surface area contributed by atoms with Gasteiger partial charge in [0.1, 0.15) is 25.5 Å². The Kier molecular flexibility index (Phi) is 5.90. The first-order valence-corrected chi connectivity index (χ1v) is 11.5. The van der Waals surface area contributed by atoms with Crippen LogP contribution in [0.4, 0.5) is 10.3 Å². The minimum absolute atomic E-state index is 0.202. The molecule has 1 atom stereocenters. The number of benzene rings is 2. The van der Waals surface area contributed by atoms with Crippen molar-refractivity contribution in [2.75, 3.05) is 26.0 Å². The fourth-order valence-electron chi connectivity index (χ4n) is 4.48. The molecule has 1 aliphatic rings. The fourth-order valence-corrected chi connectivity index (χ4v) is 4.48. The number of fused-ring (bicyclic) bond motifs is 2. The predicted octanol–water partition coefficient (Wildman–Crippen LogP) is 3.10. The number of nitrogens with zero attached hydrogens (tertiary/aromatic N) is 5. The number of nitriles is 1. The maximum atomic E-state index is 14.6. The minimum Gasteiger partial charge on any atom is -0.493 e. The molecule has 3 heterocycles. The van der Waals surface area contributed by atoms with Crippen molar-refractivity contribution in [3.63, 3.8) is 0 Å². The summed E-state index contributed by atoms with van der Waals surface area (Å²) in [6.07, 6.45) is 3.91. The summed E-state index contributed by atoms with van der Waals surface area (Å²) in [7, 11) is 9.46. The average Bonchev–Trinajstić information content (AvgIpc) is 3.51. The highest BCUT2D eigenvalue weighted by atomic mass is 19.1. The highest BCUT2D eigenvalue weighted by molar-refractivity contribution is 6.14. The number of hydrogen-bond donors (Lipinski definition) is 2. The van der Waals surface area contributed by atoms with Crippen molar-refractivity contribution in [3.05, 3.63) is 76.5 Å². The van der Waals surface area contributed by atoms with Gasteiger partial charge in [0.05, 0.1) is 18.4 Å². The van der Waals surface area contributed by atoms with E-state index in [0.717, 1.165) is 16.7 Å². The van der Waals surface area contributed by atoms with Crippen molar-refractivity contribution in [1.29, 1.82) is 5.26 Å². The lowest BCUT2D eigenvalue weighted by Crippen LogP contribution is -2.41. The quantitative estimate of drug-likeness (QED) is 0.322. The number of ether oxygens (including phenoxy) is 1. The highest BCUT2D eigenvalue weighted by Crippen LogP contribution is 2.33.